The smallest absolute Gasteiger partial charge is 0.281 e. The summed E-state index contributed by atoms with van der Waals surface area (Å²) in [4.78, 5) is 24.1. The number of aryl methyl sites for hydroxylation is 2. The lowest BCUT2D eigenvalue weighted by molar-refractivity contribution is -0.129. The first-order chi connectivity index (χ1) is 16.1. The number of hydrazone groups is 1. The summed E-state index contributed by atoms with van der Waals surface area (Å²) < 4.78 is 19.5. The van der Waals surface area contributed by atoms with Gasteiger partial charge < -0.3 is 25.8 Å². The molecule has 1 fully saturated rings. The summed E-state index contributed by atoms with van der Waals surface area (Å²) in [6.45, 7) is 9.26. The molecule has 9 nitrogen and oxygen atoms in total. The third-order valence-electron chi connectivity index (χ3n) is 5.80. The molecular formula is C24H29FN6O3. The van der Waals surface area contributed by atoms with E-state index in [4.69, 9.17) is 15.6 Å². The maximum Gasteiger partial charge on any atom is 0.281 e. The SMILES string of the molecule is C=C(F)C(=O)N1CCC(N/C(=C(C(C)=N)/C(N)=N\NC=O)c2oc3ccc(C)cc3c2C)CC1. The van der Waals surface area contributed by atoms with Gasteiger partial charge in [0.15, 0.2) is 17.4 Å². The van der Waals surface area contributed by atoms with Gasteiger partial charge in [-0.1, -0.05) is 18.2 Å². The summed E-state index contributed by atoms with van der Waals surface area (Å²) in [6.07, 6.45) is 1.46. The van der Waals surface area contributed by atoms with Crippen LogP contribution in [0.25, 0.3) is 16.7 Å². The molecule has 2 heterocycles. The minimum atomic E-state index is -0.978. The van der Waals surface area contributed by atoms with Gasteiger partial charge in [0.25, 0.3) is 5.91 Å². The first-order valence-corrected chi connectivity index (χ1v) is 10.9. The van der Waals surface area contributed by atoms with E-state index in [2.05, 4.69) is 22.4 Å². The third-order valence-corrected chi connectivity index (χ3v) is 5.80. The number of rotatable bonds is 8. The van der Waals surface area contributed by atoms with Crippen LogP contribution >= 0.6 is 0 Å². The molecule has 1 aromatic carbocycles. The number of benzene rings is 1. The molecule has 5 N–H and O–H groups in total. The van der Waals surface area contributed by atoms with E-state index in [1.807, 2.05) is 32.0 Å². The number of nitrogens with one attached hydrogen (secondary N) is 3. The minimum Gasteiger partial charge on any atom is -0.454 e. The van der Waals surface area contributed by atoms with Crippen LogP contribution in [0, 0.1) is 19.3 Å². The number of likely N-dealkylation sites (tertiary alicyclic amines) is 1. The summed E-state index contributed by atoms with van der Waals surface area (Å²) in [7, 11) is 0. The normalized spacial score (nSPS) is 15.6. The highest BCUT2D eigenvalue weighted by atomic mass is 19.1. The Bertz CT molecular complexity index is 1200. The summed E-state index contributed by atoms with van der Waals surface area (Å²) >= 11 is 0. The van der Waals surface area contributed by atoms with Crippen LogP contribution in [0.3, 0.4) is 0 Å². The summed E-state index contributed by atoms with van der Waals surface area (Å²) in [5.74, 6) is -1.24. The molecule has 1 aromatic heterocycles. The van der Waals surface area contributed by atoms with Crippen LogP contribution in [-0.2, 0) is 9.59 Å². The zero-order valence-electron chi connectivity index (χ0n) is 19.5. The van der Waals surface area contributed by atoms with Crippen LogP contribution in [-0.4, -0.2) is 47.9 Å². The lowest BCUT2D eigenvalue weighted by Gasteiger charge is -2.33. The Morgan fingerprint density at radius 3 is 2.62 bits per heavy atom. The van der Waals surface area contributed by atoms with Crippen molar-refractivity contribution in [3.05, 3.63) is 53.1 Å². The van der Waals surface area contributed by atoms with E-state index in [1.165, 1.54) is 4.90 Å². The Hall–Kier alpha value is -3.95. The number of nitrogens with two attached hydrogens (primary N) is 1. The molecule has 1 saturated heterocycles. The Morgan fingerprint density at radius 1 is 1.35 bits per heavy atom. The molecule has 0 aliphatic carbocycles. The van der Waals surface area contributed by atoms with E-state index >= 15 is 0 Å². The second-order valence-electron chi connectivity index (χ2n) is 8.29. The zero-order valence-corrected chi connectivity index (χ0v) is 19.5. The molecule has 10 heteroatoms. The van der Waals surface area contributed by atoms with Crippen molar-refractivity contribution in [2.75, 3.05) is 13.1 Å². The molecule has 0 spiro atoms. The molecule has 0 radical (unpaired) electrons. The Balaban J connectivity index is 2.06. The highest BCUT2D eigenvalue weighted by Gasteiger charge is 2.28. The Kier molecular flexibility index (Phi) is 7.50. The van der Waals surface area contributed by atoms with E-state index in [0.29, 0.717) is 49.4 Å². The summed E-state index contributed by atoms with van der Waals surface area (Å²) in [5, 5.41) is 16.6. The third kappa shape index (κ3) is 5.16. The van der Waals surface area contributed by atoms with E-state index in [9.17, 15) is 14.0 Å². The van der Waals surface area contributed by atoms with Crippen LogP contribution in [0.15, 0.2) is 45.7 Å². The molecule has 1 aliphatic rings. The first kappa shape index (κ1) is 24.7. The molecule has 3 rings (SSSR count). The second kappa shape index (κ2) is 10.3. The standard InChI is InChI=1S/C24H29FN6O3/c1-13-5-6-19-18(11-13)14(2)22(34-19)21(20(16(4)26)23(27)30-28-12-32)29-17-7-9-31(10-8-17)24(33)15(3)25/h5-6,11-12,17,26,29H,3,7-10H2,1-2,4H3,(H2,27,30)(H,28,32)/b21-20+,26-16?. The number of hydrogen-bond donors (Lipinski definition) is 4. The average molecular weight is 469 g/mol. The van der Waals surface area contributed by atoms with Crippen LogP contribution < -0.4 is 16.5 Å². The van der Waals surface area contributed by atoms with E-state index in [-0.39, 0.29) is 23.2 Å². The molecule has 0 saturated carbocycles. The van der Waals surface area contributed by atoms with Gasteiger partial charge in [0.2, 0.25) is 6.41 Å². The number of piperidine rings is 1. The fourth-order valence-corrected chi connectivity index (χ4v) is 4.09. The van der Waals surface area contributed by atoms with Crippen molar-refractivity contribution in [2.24, 2.45) is 10.8 Å². The van der Waals surface area contributed by atoms with E-state index in [0.717, 1.165) is 16.5 Å². The van der Waals surface area contributed by atoms with Gasteiger partial charge in [-0.15, -0.1) is 0 Å². The maximum absolute atomic E-state index is 13.3. The van der Waals surface area contributed by atoms with E-state index < -0.39 is 11.7 Å². The average Bonchev–Trinajstić information content (AvgIpc) is 3.12. The van der Waals surface area contributed by atoms with Crippen molar-refractivity contribution < 1.29 is 18.4 Å². The van der Waals surface area contributed by atoms with Crippen molar-refractivity contribution in [1.29, 1.82) is 5.41 Å². The molecule has 2 amide bonds. The van der Waals surface area contributed by atoms with Gasteiger partial charge >= 0.3 is 0 Å². The number of carbonyl (C=O) groups is 2. The number of amides is 2. The topological polar surface area (TPSA) is 137 Å². The highest BCUT2D eigenvalue weighted by molar-refractivity contribution is 6.26. The van der Waals surface area contributed by atoms with Crippen molar-refractivity contribution in [1.82, 2.24) is 15.6 Å². The molecule has 2 aromatic rings. The highest BCUT2D eigenvalue weighted by Crippen LogP contribution is 2.32. The summed E-state index contributed by atoms with van der Waals surface area (Å²) in [6, 6.07) is 5.74. The molecule has 0 bridgehead atoms. The van der Waals surface area contributed by atoms with Gasteiger partial charge in [-0.2, -0.15) is 5.10 Å². The predicted octanol–water partition coefficient (Wildman–Crippen LogP) is 2.88. The number of halogens is 1. The fourth-order valence-electron chi connectivity index (χ4n) is 4.09. The quantitative estimate of drug-likeness (QED) is 0.155. The number of hydrogen-bond acceptors (Lipinski definition) is 6. The van der Waals surface area contributed by atoms with Crippen LogP contribution in [0.2, 0.25) is 0 Å². The monoisotopic (exact) mass is 468 g/mol. The zero-order chi connectivity index (χ0) is 25.0. The predicted molar refractivity (Wildman–Crippen MR) is 130 cm³/mol. The lowest BCUT2D eigenvalue weighted by Crippen LogP contribution is -2.45. The first-order valence-electron chi connectivity index (χ1n) is 10.9. The van der Waals surface area contributed by atoms with E-state index in [1.54, 1.807) is 6.92 Å². The fraction of sp³-hybridized carbons (Fsp3) is 0.333. The second-order valence-corrected chi connectivity index (χ2v) is 8.29. The molecule has 34 heavy (non-hydrogen) atoms. The molecule has 0 atom stereocenters. The number of fused-ring (bicyclic) bond motifs is 1. The van der Waals surface area contributed by atoms with Gasteiger partial charge in [0.05, 0.1) is 11.3 Å². The number of carbonyl (C=O) groups excluding carboxylic acids is 2. The van der Waals surface area contributed by atoms with Crippen molar-refractivity contribution in [3.63, 3.8) is 0 Å². The number of nitrogens with zero attached hydrogens (tertiary/aromatic N) is 2. The van der Waals surface area contributed by atoms with Crippen LogP contribution in [0.4, 0.5) is 4.39 Å². The van der Waals surface area contributed by atoms with Gasteiger partial charge in [0, 0.05) is 35.8 Å². The largest absolute Gasteiger partial charge is 0.454 e. The van der Waals surface area contributed by atoms with Gasteiger partial charge in [-0.25, -0.2) is 9.82 Å². The van der Waals surface area contributed by atoms with Crippen molar-refractivity contribution in [2.45, 2.75) is 39.7 Å². The Labute approximate surface area is 197 Å². The lowest BCUT2D eigenvalue weighted by atomic mass is 9.99. The number of furan rings is 1. The Morgan fingerprint density at radius 2 is 2.03 bits per heavy atom. The summed E-state index contributed by atoms with van der Waals surface area (Å²) in [5.41, 5.74) is 11.8. The van der Waals surface area contributed by atoms with Gasteiger partial charge in [-0.3, -0.25) is 9.59 Å². The van der Waals surface area contributed by atoms with Crippen LogP contribution in [0.1, 0.15) is 36.7 Å². The molecular weight excluding hydrogens is 439 g/mol. The van der Waals surface area contributed by atoms with Gasteiger partial charge in [0.1, 0.15) is 5.58 Å². The molecule has 180 valence electrons. The number of amidine groups is 1. The minimum absolute atomic E-state index is 0.0560. The maximum atomic E-state index is 13.3. The van der Waals surface area contributed by atoms with Crippen LogP contribution in [0.5, 0.6) is 0 Å². The molecule has 0 unspecified atom stereocenters. The van der Waals surface area contributed by atoms with Crippen molar-refractivity contribution in [3.8, 4) is 0 Å². The molecule has 1 aliphatic heterocycles. The van der Waals surface area contributed by atoms with Gasteiger partial charge in [-0.05, 0) is 45.7 Å². The van der Waals surface area contributed by atoms with Crippen molar-refractivity contribution >= 4 is 40.5 Å².